The number of aryl methyl sites for hydroxylation is 1. The van der Waals surface area contributed by atoms with Crippen molar-refractivity contribution in [2.45, 2.75) is 44.6 Å². The van der Waals surface area contributed by atoms with Gasteiger partial charge in [0.1, 0.15) is 0 Å². The standard InChI is InChI=1S/C15H20BrNO2/c1-11-9-12(16)5-6-13(11)14(18)17-10-15(19)7-3-2-4-8-15/h5-6,9,19H,2-4,7-8,10H2,1H3,(H,17,18). The quantitative estimate of drug-likeness (QED) is 0.896. The minimum atomic E-state index is -0.711. The van der Waals surface area contributed by atoms with E-state index in [1.165, 1.54) is 6.42 Å². The number of carbonyl (C=O) groups excluding carboxylic acids is 1. The van der Waals surface area contributed by atoms with Gasteiger partial charge in [-0.15, -0.1) is 0 Å². The zero-order valence-electron chi connectivity index (χ0n) is 11.2. The van der Waals surface area contributed by atoms with Crippen molar-refractivity contribution in [3.8, 4) is 0 Å². The highest BCUT2D eigenvalue weighted by atomic mass is 79.9. The maximum Gasteiger partial charge on any atom is 0.251 e. The molecule has 4 heteroatoms. The van der Waals surface area contributed by atoms with Crippen LogP contribution in [-0.4, -0.2) is 23.2 Å². The molecule has 0 unspecified atom stereocenters. The average molecular weight is 326 g/mol. The van der Waals surface area contributed by atoms with Crippen LogP contribution in [0.3, 0.4) is 0 Å². The molecule has 19 heavy (non-hydrogen) atoms. The van der Waals surface area contributed by atoms with E-state index in [-0.39, 0.29) is 5.91 Å². The van der Waals surface area contributed by atoms with E-state index < -0.39 is 5.60 Å². The molecule has 0 aliphatic heterocycles. The third-order valence-electron chi connectivity index (χ3n) is 3.80. The Morgan fingerprint density at radius 3 is 2.68 bits per heavy atom. The van der Waals surface area contributed by atoms with Crippen molar-refractivity contribution in [2.75, 3.05) is 6.54 Å². The highest BCUT2D eigenvalue weighted by Gasteiger charge is 2.29. The average Bonchev–Trinajstić information content (AvgIpc) is 2.37. The molecule has 1 saturated carbocycles. The highest BCUT2D eigenvalue weighted by molar-refractivity contribution is 9.10. The summed E-state index contributed by atoms with van der Waals surface area (Å²) in [5, 5.41) is 13.2. The predicted octanol–water partition coefficient (Wildman–Crippen LogP) is 3.18. The number of amides is 1. The Kier molecular flexibility index (Phi) is 4.63. The van der Waals surface area contributed by atoms with Gasteiger partial charge in [-0.05, 0) is 43.5 Å². The van der Waals surface area contributed by atoms with Gasteiger partial charge in [0.2, 0.25) is 0 Å². The fourth-order valence-corrected chi connectivity index (χ4v) is 3.08. The minimum absolute atomic E-state index is 0.107. The van der Waals surface area contributed by atoms with Gasteiger partial charge in [-0.25, -0.2) is 0 Å². The number of rotatable bonds is 3. The van der Waals surface area contributed by atoms with Gasteiger partial charge < -0.3 is 10.4 Å². The normalized spacial score (nSPS) is 18.1. The third kappa shape index (κ3) is 3.80. The molecular formula is C15H20BrNO2. The SMILES string of the molecule is Cc1cc(Br)ccc1C(=O)NCC1(O)CCCCC1. The lowest BCUT2D eigenvalue weighted by Crippen LogP contribution is -2.44. The van der Waals surface area contributed by atoms with E-state index in [9.17, 15) is 9.90 Å². The molecule has 0 heterocycles. The molecule has 2 rings (SSSR count). The van der Waals surface area contributed by atoms with Gasteiger partial charge >= 0.3 is 0 Å². The van der Waals surface area contributed by atoms with E-state index in [0.717, 1.165) is 35.7 Å². The third-order valence-corrected chi connectivity index (χ3v) is 4.29. The van der Waals surface area contributed by atoms with Crippen LogP contribution in [0.4, 0.5) is 0 Å². The number of hydrogen-bond donors (Lipinski definition) is 2. The second-order valence-corrected chi connectivity index (χ2v) is 6.34. The first-order chi connectivity index (χ1) is 9.00. The zero-order valence-corrected chi connectivity index (χ0v) is 12.8. The summed E-state index contributed by atoms with van der Waals surface area (Å²) in [5.41, 5.74) is 0.891. The summed E-state index contributed by atoms with van der Waals surface area (Å²) in [6, 6.07) is 5.58. The second-order valence-electron chi connectivity index (χ2n) is 5.43. The smallest absolute Gasteiger partial charge is 0.251 e. The van der Waals surface area contributed by atoms with Gasteiger partial charge in [0.15, 0.2) is 0 Å². The summed E-state index contributed by atoms with van der Waals surface area (Å²) in [4.78, 5) is 12.1. The molecule has 1 aliphatic carbocycles. The molecule has 3 nitrogen and oxygen atoms in total. The van der Waals surface area contributed by atoms with Gasteiger partial charge in [-0.1, -0.05) is 35.2 Å². The Balaban J connectivity index is 1.97. The summed E-state index contributed by atoms with van der Waals surface area (Å²) in [6.07, 6.45) is 4.84. The Morgan fingerprint density at radius 2 is 2.05 bits per heavy atom. The fourth-order valence-electron chi connectivity index (χ4n) is 2.61. The molecule has 0 saturated heterocycles. The lowest BCUT2D eigenvalue weighted by Gasteiger charge is -2.32. The maximum atomic E-state index is 12.1. The number of carbonyl (C=O) groups is 1. The number of nitrogens with one attached hydrogen (secondary N) is 1. The molecule has 104 valence electrons. The van der Waals surface area contributed by atoms with Crippen molar-refractivity contribution in [3.63, 3.8) is 0 Å². The van der Waals surface area contributed by atoms with Crippen LogP contribution < -0.4 is 5.32 Å². The van der Waals surface area contributed by atoms with E-state index in [1.54, 1.807) is 6.07 Å². The maximum absolute atomic E-state index is 12.1. The monoisotopic (exact) mass is 325 g/mol. The fraction of sp³-hybridized carbons (Fsp3) is 0.533. The van der Waals surface area contributed by atoms with Crippen molar-refractivity contribution < 1.29 is 9.90 Å². The van der Waals surface area contributed by atoms with E-state index in [1.807, 2.05) is 19.1 Å². The lowest BCUT2D eigenvalue weighted by atomic mass is 9.85. The Bertz CT molecular complexity index is 467. The Labute approximate surface area is 122 Å². The van der Waals surface area contributed by atoms with Crippen LogP contribution >= 0.6 is 15.9 Å². The van der Waals surface area contributed by atoms with Crippen LogP contribution in [0.25, 0.3) is 0 Å². The van der Waals surface area contributed by atoms with E-state index >= 15 is 0 Å². The molecule has 1 aliphatic rings. The topological polar surface area (TPSA) is 49.3 Å². The van der Waals surface area contributed by atoms with Crippen molar-refractivity contribution in [1.29, 1.82) is 0 Å². The molecule has 1 amide bonds. The molecule has 0 spiro atoms. The van der Waals surface area contributed by atoms with Crippen molar-refractivity contribution >= 4 is 21.8 Å². The van der Waals surface area contributed by atoms with Crippen molar-refractivity contribution in [3.05, 3.63) is 33.8 Å². The molecular weight excluding hydrogens is 306 g/mol. The largest absolute Gasteiger partial charge is 0.388 e. The Hall–Kier alpha value is -0.870. The van der Waals surface area contributed by atoms with Gasteiger partial charge in [0, 0.05) is 16.6 Å². The van der Waals surface area contributed by atoms with E-state index in [2.05, 4.69) is 21.2 Å². The second kappa shape index (κ2) is 6.06. The molecule has 0 aromatic heterocycles. The Morgan fingerprint density at radius 1 is 1.37 bits per heavy atom. The molecule has 1 aromatic carbocycles. The molecule has 2 N–H and O–H groups in total. The van der Waals surface area contributed by atoms with Crippen LogP contribution in [0.15, 0.2) is 22.7 Å². The van der Waals surface area contributed by atoms with Crippen LogP contribution in [0, 0.1) is 6.92 Å². The number of benzene rings is 1. The van der Waals surface area contributed by atoms with E-state index in [0.29, 0.717) is 12.1 Å². The number of hydrogen-bond acceptors (Lipinski definition) is 2. The van der Waals surface area contributed by atoms with Crippen LogP contribution in [0.1, 0.15) is 48.0 Å². The van der Waals surface area contributed by atoms with Crippen molar-refractivity contribution in [2.24, 2.45) is 0 Å². The molecule has 1 aromatic rings. The van der Waals surface area contributed by atoms with Crippen LogP contribution in [0.5, 0.6) is 0 Å². The van der Waals surface area contributed by atoms with Gasteiger partial charge in [-0.2, -0.15) is 0 Å². The first-order valence-electron chi connectivity index (χ1n) is 6.77. The minimum Gasteiger partial charge on any atom is -0.388 e. The first kappa shape index (κ1) is 14.5. The van der Waals surface area contributed by atoms with Gasteiger partial charge in [-0.3, -0.25) is 4.79 Å². The predicted molar refractivity (Wildman–Crippen MR) is 79.2 cm³/mol. The van der Waals surface area contributed by atoms with Crippen LogP contribution in [-0.2, 0) is 0 Å². The number of aliphatic hydroxyl groups is 1. The summed E-state index contributed by atoms with van der Waals surface area (Å²) in [5.74, 6) is -0.107. The first-order valence-corrected chi connectivity index (χ1v) is 7.56. The molecule has 0 bridgehead atoms. The highest BCUT2D eigenvalue weighted by Crippen LogP contribution is 2.27. The summed E-state index contributed by atoms with van der Waals surface area (Å²) in [7, 11) is 0. The van der Waals surface area contributed by atoms with Gasteiger partial charge in [0.05, 0.1) is 5.60 Å². The van der Waals surface area contributed by atoms with Crippen molar-refractivity contribution in [1.82, 2.24) is 5.32 Å². The summed E-state index contributed by atoms with van der Waals surface area (Å²) >= 11 is 3.38. The molecule has 0 atom stereocenters. The zero-order chi connectivity index (χ0) is 13.9. The van der Waals surface area contributed by atoms with Crippen LogP contribution in [0.2, 0.25) is 0 Å². The molecule has 0 radical (unpaired) electrons. The van der Waals surface area contributed by atoms with Gasteiger partial charge in [0.25, 0.3) is 5.91 Å². The summed E-state index contributed by atoms with van der Waals surface area (Å²) < 4.78 is 0.965. The summed E-state index contributed by atoms with van der Waals surface area (Å²) in [6.45, 7) is 2.26. The number of halogens is 1. The van der Waals surface area contributed by atoms with E-state index in [4.69, 9.17) is 0 Å². The lowest BCUT2D eigenvalue weighted by molar-refractivity contribution is 0.00525. The molecule has 1 fully saturated rings.